The summed E-state index contributed by atoms with van der Waals surface area (Å²) in [7, 11) is -9.33. The summed E-state index contributed by atoms with van der Waals surface area (Å²) in [4.78, 5) is 3.45. The standard InChI is InChI=1S/C27H34N2O6S2.Na.H/c1-5-28(6-2)22-13-9-20(10-14-22)27(21-11-15-23(16-12-21)29(7-3)8-4)25-19-24(36(30,31)32)17-18-26(25)37(33,34)35;;/h9-19,27H,5-8H2,1-4H3,(H,30,31,32)(H,33,34,35);;/q;+1;-1. The summed E-state index contributed by atoms with van der Waals surface area (Å²) in [5.74, 6) is -0.741. The van der Waals surface area contributed by atoms with Crippen LogP contribution in [0.1, 0.15) is 51.7 Å². The Labute approximate surface area is 250 Å². The van der Waals surface area contributed by atoms with E-state index in [9.17, 15) is 25.9 Å². The van der Waals surface area contributed by atoms with E-state index < -0.39 is 35.9 Å². The van der Waals surface area contributed by atoms with Gasteiger partial charge in [0.25, 0.3) is 20.2 Å². The molecule has 0 aliphatic carbocycles. The van der Waals surface area contributed by atoms with Crippen LogP contribution in [-0.4, -0.2) is 52.1 Å². The Morgan fingerprint density at radius 1 is 0.658 bits per heavy atom. The molecule has 8 nitrogen and oxygen atoms in total. The molecule has 0 heterocycles. The number of hydrogen-bond acceptors (Lipinski definition) is 6. The van der Waals surface area contributed by atoms with E-state index in [0.29, 0.717) is 11.1 Å². The Kier molecular flexibility index (Phi) is 11.4. The summed E-state index contributed by atoms with van der Waals surface area (Å²) in [6.45, 7) is 11.5. The average molecular weight is 571 g/mol. The number of benzene rings is 3. The van der Waals surface area contributed by atoms with Crippen LogP contribution in [0.25, 0.3) is 0 Å². The fourth-order valence-corrected chi connectivity index (χ4v) is 5.86. The van der Waals surface area contributed by atoms with Gasteiger partial charge in [-0.05, 0) is 86.8 Å². The molecule has 0 bridgehead atoms. The fraction of sp³-hybridized carbons (Fsp3) is 0.333. The molecule has 0 amide bonds. The Balaban J connectivity index is 0.00000380. The summed E-state index contributed by atoms with van der Waals surface area (Å²) >= 11 is 0. The van der Waals surface area contributed by atoms with Gasteiger partial charge in [0.05, 0.1) is 9.79 Å². The van der Waals surface area contributed by atoms with Gasteiger partial charge in [0.15, 0.2) is 0 Å². The van der Waals surface area contributed by atoms with E-state index in [4.69, 9.17) is 0 Å². The molecule has 3 aromatic carbocycles. The van der Waals surface area contributed by atoms with Gasteiger partial charge in [-0.15, -0.1) is 0 Å². The van der Waals surface area contributed by atoms with Crippen LogP contribution in [0.15, 0.2) is 76.5 Å². The van der Waals surface area contributed by atoms with Crippen LogP contribution in [0.3, 0.4) is 0 Å². The van der Waals surface area contributed by atoms with Crippen molar-refractivity contribution in [3.8, 4) is 0 Å². The molecule has 38 heavy (non-hydrogen) atoms. The predicted octanol–water partition coefficient (Wildman–Crippen LogP) is 2.17. The van der Waals surface area contributed by atoms with Crippen LogP contribution in [0.4, 0.5) is 11.4 Å². The summed E-state index contributed by atoms with van der Waals surface area (Å²) < 4.78 is 68.3. The Hall–Kier alpha value is -1.92. The van der Waals surface area contributed by atoms with E-state index in [1.807, 2.05) is 48.5 Å². The number of hydrogen-bond donors (Lipinski definition) is 2. The van der Waals surface area contributed by atoms with Gasteiger partial charge in [0.2, 0.25) is 0 Å². The summed E-state index contributed by atoms with van der Waals surface area (Å²) in [6.07, 6.45) is 0. The predicted molar refractivity (Wildman–Crippen MR) is 148 cm³/mol. The molecule has 0 aliphatic heterocycles. The molecule has 0 aromatic heterocycles. The molecule has 0 saturated carbocycles. The number of rotatable bonds is 11. The van der Waals surface area contributed by atoms with E-state index in [1.54, 1.807) is 0 Å². The molecule has 0 radical (unpaired) electrons. The molecule has 0 atom stereocenters. The Morgan fingerprint density at radius 2 is 1.05 bits per heavy atom. The van der Waals surface area contributed by atoms with Crippen molar-refractivity contribution in [3.63, 3.8) is 0 Å². The molecule has 3 rings (SSSR count). The molecule has 0 unspecified atom stereocenters. The maximum absolute atomic E-state index is 12.4. The van der Waals surface area contributed by atoms with Gasteiger partial charge in [0, 0.05) is 43.5 Å². The Bertz CT molecular complexity index is 1370. The second-order valence-corrected chi connectivity index (χ2v) is 11.4. The van der Waals surface area contributed by atoms with Crippen molar-refractivity contribution in [2.75, 3.05) is 36.0 Å². The van der Waals surface area contributed by atoms with E-state index in [2.05, 4.69) is 37.5 Å². The third-order valence-corrected chi connectivity index (χ3v) is 8.36. The molecule has 0 fully saturated rings. The molecular weight excluding hydrogens is 535 g/mol. The van der Waals surface area contributed by atoms with Gasteiger partial charge in [-0.25, -0.2) is 0 Å². The molecule has 2 N–H and O–H groups in total. The second-order valence-electron chi connectivity index (χ2n) is 8.61. The van der Waals surface area contributed by atoms with Crippen LogP contribution in [0.5, 0.6) is 0 Å². The maximum atomic E-state index is 12.4. The molecule has 0 saturated heterocycles. The van der Waals surface area contributed by atoms with Crippen molar-refractivity contribution >= 4 is 31.6 Å². The Morgan fingerprint density at radius 3 is 1.37 bits per heavy atom. The number of anilines is 2. The first-order valence-electron chi connectivity index (χ1n) is 12.2. The molecular formula is C27H35N2NaO6S2. The second kappa shape index (κ2) is 13.4. The first-order chi connectivity index (χ1) is 17.4. The SMILES string of the molecule is CCN(CC)c1ccc(C(c2ccc(N(CC)CC)cc2)c2cc(S(=O)(=O)O)ccc2S(=O)(=O)O)cc1.[H-].[Na+]. The van der Waals surface area contributed by atoms with Gasteiger partial charge in [-0.1, -0.05) is 24.3 Å². The minimum Gasteiger partial charge on any atom is -1.00 e. The van der Waals surface area contributed by atoms with Gasteiger partial charge in [0.1, 0.15) is 0 Å². The van der Waals surface area contributed by atoms with E-state index in [-0.39, 0.29) is 36.5 Å². The molecule has 11 heteroatoms. The van der Waals surface area contributed by atoms with Gasteiger partial charge < -0.3 is 11.2 Å². The smallest absolute Gasteiger partial charge is 1.00 e. The van der Waals surface area contributed by atoms with E-state index in [0.717, 1.165) is 55.8 Å². The van der Waals surface area contributed by atoms with Crippen molar-refractivity contribution < 1.29 is 56.9 Å². The first kappa shape index (κ1) is 32.3. The zero-order valence-corrected chi connectivity index (χ0v) is 26.1. The van der Waals surface area contributed by atoms with E-state index >= 15 is 0 Å². The number of nitrogens with zero attached hydrogens (tertiary/aromatic N) is 2. The van der Waals surface area contributed by atoms with Crippen LogP contribution in [-0.2, 0) is 20.2 Å². The summed E-state index contributed by atoms with van der Waals surface area (Å²) in [5, 5.41) is 0. The van der Waals surface area contributed by atoms with Gasteiger partial charge in [-0.2, -0.15) is 16.8 Å². The van der Waals surface area contributed by atoms with Crippen LogP contribution in [0.2, 0.25) is 0 Å². The monoisotopic (exact) mass is 570 g/mol. The fourth-order valence-electron chi connectivity index (χ4n) is 4.63. The van der Waals surface area contributed by atoms with Gasteiger partial charge >= 0.3 is 29.6 Å². The van der Waals surface area contributed by atoms with Gasteiger partial charge in [-0.3, -0.25) is 9.11 Å². The van der Waals surface area contributed by atoms with Crippen molar-refractivity contribution in [1.82, 2.24) is 0 Å². The summed E-state index contributed by atoms with van der Waals surface area (Å²) in [6, 6.07) is 18.3. The third kappa shape index (κ3) is 7.38. The molecule has 0 spiro atoms. The van der Waals surface area contributed by atoms with Crippen LogP contribution in [0, 0.1) is 0 Å². The zero-order chi connectivity index (χ0) is 27.4. The minimum absolute atomic E-state index is 0. The van der Waals surface area contributed by atoms with Crippen molar-refractivity contribution in [3.05, 3.63) is 83.4 Å². The topological polar surface area (TPSA) is 115 Å². The average Bonchev–Trinajstić information content (AvgIpc) is 2.86. The third-order valence-electron chi connectivity index (χ3n) is 6.58. The minimum atomic E-state index is -4.71. The van der Waals surface area contributed by atoms with Crippen LogP contribution >= 0.6 is 0 Å². The maximum Gasteiger partial charge on any atom is 1.00 e. The zero-order valence-electron chi connectivity index (χ0n) is 23.5. The summed E-state index contributed by atoms with van der Waals surface area (Å²) in [5.41, 5.74) is 3.42. The normalized spacial score (nSPS) is 11.8. The van der Waals surface area contributed by atoms with Crippen molar-refractivity contribution in [2.24, 2.45) is 0 Å². The van der Waals surface area contributed by atoms with Crippen LogP contribution < -0.4 is 39.4 Å². The van der Waals surface area contributed by atoms with Crippen molar-refractivity contribution in [2.45, 2.75) is 43.4 Å². The molecule has 0 aliphatic rings. The largest absolute Gasteiger partial charge is 1.00 e. The van der Waals surface area contributed by atoms with Crippen molar-refractivity contribution in [1.29, 1.82) is 0 Å². The molecule has 3 aromatic rings. The molecule has 202 valence electrons. The first-order valence-corrected chi connectivity index (χ1v) is 15.1. The quantitative estimate of drug-likeness (QED) is 0.205. The van der Waals surface area contributed by atoms with E-state index in [1.165, 1.54) is 0 Å².